The van der Waals surface area contributed by atoms with Crippen molar-refractivity contribution in [1.29, 1.82) is 0 Å². The quantitative estimate of drug-likeness (QED) is 0.750. The van der Waals surface area contributed by atoms with Crippen LogP contribution in [0.2, 0.25) is 0 Å². The lowest BCUT2D eigenvalue weighted by Gasteiger charge is -2.22. The number of nitrogens with one attached hydrogen (secondary N) is 1. The summed E-state index contributed by atoms with van der Waals surface area (Å²) in [5, 5.41) is 3.56. The highest BCUT2D eigenvalue weighted by atomic mass is 79.9. The third-order valence-corrected chi connectivity index (χ3v) is 3.50. The predicted octanol–water partition coefficient (Wildman–Crippen LogP) is 4.37. The van der Waals surface area contributed by atoms with Crippen LogP contribution in [0.1, 0.15) is 20.8 Å². The first-order valence-electron chi connectivity index (χ1n) is 6.80. The van der Waals surface area contributed by atoms with E-state index in [9.17, 15) is 0 Å². The van der Waals surface area contributed by atoms with E-state index in [0.717, 1.165) is 27.2 Å². The number of fused-ring (bicyclic) bond motifs is 1. The molecule has 0 fully saturated rings. The molecule has 0 bridgehead atoms. The van der Waals surface area contributed by atoms with E-state index in [-0.39, 0.29) is 5.54 Å². The minimum atomic E-state index is -0.0555. The lowest BCUT2D eigenvalue weighted by atomic mass is 10.1. The van der Waals surface area contributed by atoms with Gasteiger partial charge in [-0.15, -0.1) is 0 Å². The Labute approximate surface area is 132 Å². The average Bonchev–Trinajstić information content (AvgIpc) is 2.76. The van der Waals surface area contributed by atoms with Crippen molar-refractivity contribution in [2.45, 2.75) is 26.3 Å². The van der Waals surface area contributed by atoms with E-state index < -0.39 is 0 Å². The molecule has 21 heavy (non-hydrogen) atoms. The minimum absolute atomic E-state index is 0.0555. The normalized spacial score (nSPS) is 11.8. The van der Waals surface area contributed by atoms with Gasteiger partial charge in [-0.1, -0.05) is 0 Å². The van der Waals surface area contributed by atoms with Gasteiger partial charge < -0.3 is 5.32 Å². The van der Waals surface area contributed by atoms with E-state index in [1.54, 1.807) is 12.4 Å². The van der Waals surface area contributed by atoms with Gasteiger partial charge in [0.1, 0.15) is 17.2 Å². The second kappa shape index (κ2) is 5.15. The fourth-order valence-corrected chi connectivity index (χ4v) is 2.54. The van der Waals surface area contributed by atoms with Crippen LogP contribution >= 0.6 is 15.9 Å². The van der Waals surface area contributed by atoms with E-state index in [1.807, 2.05) is 30.5 Å². The molecule has 0 saturated carbocycles. The lowest BCUT2D eigenvalue weighted by Crippen LogP contribution is -2.27. The van der Waals surface area contributed by atoms with Crippen LogP contribution in [0.15, 0.2) is 47.3 Å². The highest BCUT2D eigenvalue weighted by Crippen LogP contribution is 2.31. The van der Waals surface area contributed by atoms with Crippen LogP contribution in [-0.4, -0.2) is 19.9 Å². The van der Waals surface area contributed by atoms with Gasteiger partial charge in [0.2, 0.25) is 0 Å². The molecule has 0 saturated heterocycles. The number of anilines is 1. The first-order valence-corrected chi connectivity index (χ1v) is 7.59. The summed E-state index contributed by atoms with van der Waals surface area (Å²) in [6.07, 6.45) is 5.60. The maximum atomic E-state index is 4.76. The van der Waals surface area contributed by atoms with E-state index in [1.165, 1.54) is 0 Å². The van der Waals surface area contributed by atoms with Gasteiger partial charge >= 0.3 is 0 Å². The Hall–Kier alpha value is -1.88. The summed E-state index contributed by atoms with van der Waals surface area (Å²) in [5.74, 6) is 0.991. The molecule has 5 heteroatoms. The topological polar surface area (TPSA) is 42.2 Å². The Bertz CT molecular complexity index is 772. The number of pyridine rings is 2. The predicted molar refractivity (Wildman–Crippen MR) is 89.5 cm³/mol. The van der Waals surface area contributed by atoms with E-state index in [2.05, 4.69) is 51.4 Å². The fourth-order valence-electron chi connectivity index (χ4n) is 2.20. The average molecular weight is 345 g/mol. The van der Waals surface area contributed by atoms with Crippen LogP contribution in [0, 0.1) is 0 Å². The van der Waals surface area contributed by atoms with Gasteiger partial charge in [0.15, 0.2) is 0 Å². The van der Waals surface area contributed by atoms with Gasteiger partial charge in [-0.3, -0.25) is 9.38 Å². The summed E-state index contributed by atoms with van der Waals surface area (Å²) >= 11 is 3.53. The summed E-state index contributed by atoms with van der Waals surface area (Å²) in [6, 6.07) is 7.96. The van der Waals surface area contributed by atoms with Crippen LogP contribution in [0.3, 0.4) is 0 Å². The Balaban J connectivity index is 2.25. The number of aromatic nitrogens is 3. The van der Waals surface area contributed by atoms with Crippen molar-refractivity contribution in [3.05, 3.63) is 47.3 Å². The van der Waals surface area contributed by atoms with Gasteiger partial charge in [0.05, 0.1) is 0 Å². The van der Waals surface area contributed by atoms with Crippen LogP contribution in [0.5, 0.6) is 0 Å². The number of halogens is 1. The molecule has 4 nitrogen and oxygen atoms in total. The number of rotatable bonds is 2. The molecule has 0 spiro atoms. The Morgan fingerprint density at radius 2 is 1.81 bits per heavy atom. The second-order valence-corrected chi connectivity index (χ2v) is 6.91. The third-order valence-electron chi connectivity index (χ3n) is 3.03. The molecule has 1 N–H and O–H groups in total. The largest absolute Gasteiger partial charge is 0.365 e. The van der Waals surface area contributed by atoms with Crippen molar-refractivity contribution in [3.8, 4) is 11.3 Å². The maximum absolute atomic E-state index is 4.76. The van der Waals surface area contributed by atoms with Gasteiger partial charge in [-0.25, -0.2) is 4.98 Å². The molecule has 0 unspecified atom stereocenters. The summed E-state index contributed by atoms with van der Waals surface area (Å²) in [7, 11) is 0. The minimum Gasteiger partial charge on any atom is -0.365 e. The first-order chi connectivity index (χ1) is 9.94. The molecule has 3 aromatic heterocycles. The summed E-state index contributed by atoms with van der Waals surface area (Å²) in [5.41, 5.74) is 2.85. The molecular weight excluding hydrogens is 328 g/mol. The van der Waals surface area contributed by atoms with Gasteiger partial charge in [0, 0.05) is 34.2 Å². The zero-order valence-electron chi connectivity index (χ0n) is 12.3. The molecule has 0 aromatic carbocycles. The first kappa shape index (κ1) is 14.1. The number of hydrogen-bond acceptors (Lipinski definition) is 3. The molecule has 0 atom stereocenters. The highest BCUT2D eigenvalue weighted by Gasteiger charge is 2.19. The number of hydrogen-bond donors (Lipinski definition) is 1. The summed E-state index contributed by atoms with van der Waals surface area (Å²) < 4.78 is 3.09. The zero-order valence-corrected chi connectivity index (χ0v) is 13.8. The summed E-state index contributed by atoms with van der Waals surface area (Å²) in [4.78, 5) is 8.84. The number of nitrogens with zero attached hydrogens (tertiary/aromatic N) is 3. The molecule has 3 aromatic rings. The maximum Gasteiger partial charge on any atom is 0.139 e. The van der Waals surface area contributed by atoms with Crippen molar-refractivity contribution >= 4 is 27.4 Å². The van der Waals surface area contributed by atoms with Crippen molar-refractivity contribution < 1.29 is 0 Å². The molecule has 0 amide bonds. The second-order valence-electron chi connectivity index (χ2n) is 6.00. The van der Waals surface area contributed by atoms with Crippen molar-refractivity contribution in [3.63, 3.8) is 0 Å². The molecule has 0 radical (unpaired) electrons. The van der Waals surface area contributed by atoms with E-state index >= 15 is 0 Å². The zero-order chi connectivity index (χ0) is 15.0. The van der Waals surface area contributed by atoms with E-state index in [0.29, 0.717) is 0 Å². The van der Waals surface area contributed by atoms with E-state index in [4.69, 9.17) is 4.98 Å². The molecule has 3 rings (SSSR count). The van der Waals surface area contributed by atoms with Gasteiger partial charge in [-0.05, 0) is 61.0 Å². The Morgan fingerprint density at radius 3 is 2.48 bits per heavy atom. The van der Waals surface area contributed by atoms with Crippen molar-refractivity contribution in [1.82, 2.24) is 14.4 Å². The lowest BCUT2D eigenvalue weighted by molar-refractivity contribution is 0.629. The van der Waals surface area contributed by atoms with Crippen LogP contribution < -0.4 is 5.32 Å². The SMILES string of the molecule is CC(C)(C)Nc1c(-c2ccncc2)nc2ccc(Br)cn12. The van der Waals surface area contributed by atoms with Crippen LogP contribution in [0.25, 0.3) is 16.9 Å². The van der Waals surface area contributed by atoms with Crippen LogP contribution in [-0.2, 0) is 0 Å². The number of imidazole rings is 1. The molecule has 0 aliphatic rings. The molecule has 108 valence electrons. The van der Waals surface area contributed by atoms with Gasteiger partial charge in [0.25, 0.3) is 0 Å². The Kier molecular flexibility index (Phi) is 3.45. The third kappa shape index (κ3) is 2.93. The molecular formula is C16H17BrN4. The molecule has 0 aliphatic carbocycles. The highest BCUT2D eigenvalue weighted by molar-refractivity contribution is 9.10. The van der Waals surface area contributed by atoms with Gasteiger partial charge in [-0.2, -0.15) is 0 Å². The molecule has 0 aliphatic heterocycles. The Morgan fingerprint density at radius 1 is 1.10 bits per heavy atom. The standard InChI is InChI=1S/C16H17BrN4/c1-16(2,3)20-15-14(11-6-8-18-9-7-11)19-13-5-4-12(17)10-21(13)15/h4-10,20H,1-3H3. The van der Waals surface area contributed by atoms with Crippen LogP contribution in [0.4, 0.5) is 5.82 Å². The van der Waals surface area contributed by atoms with Crippen molar-refractivity contribution in [2.24, 2.45) is 0 Å². The van der Waals surface area contributed by atoms with Crippen molar-refractivity contribution in [2.75, 3.05) is 5.32 Å². The summed E-state index contributed by atoms with van der Waals surface area (Å²) in [6.45, 7) is 6.42. The monoisotopic (exact) mass is 344 g/mol. The smallest absolute Gasteiger partial charge is 0.139 e. The fraction of sp³-hybridized carbons (Fsp3) is 0.250. The molecule has 3 heterocycles.